The van der Waals surface area contributed by atoms with Gasteiger partial charge >= 0.3 is 5.97 Å². The maximum Gasteiger partial charge on any atom is 0.353 e. The van der Waals surface area contributed by atoms with Crippen molar-refractivity contribution < 1.29 is 19.4 Å². The predicted molar refractivity (Wildman–Crippen MR) is 62.9 cm³/mol. The van der Waals surface area contributed by atoms with Crippen molar-refractivity contribution in [2.45, 2.75) is 0 Å². The summed E-state index contributed by atoms with van der Waals surface area (Å²) in [5.74, 6) is -0.551. The summed E-state index contributed by atoms with van der Waals surface area (Å²) in [7, 11) is 1.50. The minimum Gasteiger partial charge on any atom is -0.497 e. The van der Waals surface area contributed by atoms with Crippen LogP contribution in [0.3, 0.4) is 0 Å². The van der Waals surface area contributed by atoms with E-state index in [1.54, 1.807) is 18.2 Å². The van der Waals surface area contributed by atoms with Crippen LogP contribution in [0.5, 0.6) is 5.75 Å². The van der Waals surface area contributed by atoms with E-state index in [2.05, 4.69) is 10.2 Å². The van der Waals surface area contributed by atoms with Crippen LogP contribution in [0.15, 0.2) is 24.3 Å². The van der Waals surface area contributed by atoms with E-state index < -0.39 is 5.97 Å². The molecule has 0 aliphatic carbocycles. The molecular weight excluding hydrogens is 236 g/mol. The fourth-order valence-corrected chi connectivity index (χ4v) is 1.57. The number of H-pyrrole nitrogens is 1. The monoisotopic (exact) mass is 246 g/mol. The first-order valence-corrected chi connectivity index (χ1v) is 5.08. The zero-order valence-electron chi connectivity index (χ0n) is 9.51. The van der Waals surface area contributed by atoms with E-state index in [0.717, 1.165) is 0 Å². The van der Waals surface area contributed by atoms with Gasteiger partial charge < -0.3 is 9.84 Å². The van der Waals surface area contributed by atoms with E-state index in [1.165, 1.54) is 13.2 Å². The molecule has 0 bridgehead atoms. The predicted octanol–water partition coefficient (Wildman–Crippen LogP) is 1.60. The molecule has 0 aliphatic rings. The molecule has 0 unspecified atom stereocenters. The molecule has 6 heteroatoms. The van der Waals surface area contributed by atoms with Gasteiger partial charge in [0.05, 0.1) is 12.8 Å². The molecule has 0 saturated heterocycles. The maximum atomic E-state index is 11.0. The number of aromatic amines is 1. The highest BCUT2D eigenvalue weighted by atomic mass is 16.5. The number of benzene rings is 1. The van der Waals surface area contributed by atoms with Crippen molar-refractivity contribution in [3.63, 3.8) is 0 Å². The number of carbonyl (C=O) groups excluding carboxylic acids is 1. The van der Waals surface area contributed by atoms with Crippen molar-refractivity contribution in [3.05, 3.63) is 35.5 Å². The Morgan fingerprint density at radius 2 is 2.22 bits per heavy atom. The lowest BCUT2D eigenvalue weighted by molar-refractivity contribution is 0.0690. The highest BCUT2D eigenvalue weighted by Crippen LogP contribution is 2.25. The SMILES string of the molecule is COc1ccc(-c2cc(C(=O)O)[nH]n2)c(C=O)c1. The molecule has 2 aromatic rings. The van der Waals surface area contributed by atoms with Crippen LogP contribution in [0.25, 0.3) is 11.3 Å². The number of ether oxygens (including phenoxy) is 1. The number of aromatic nitrogens is 2. The van der Waals surface area contributed by atoms with Gasteiger partial charge in [0.2, 0.25) is 0 Å². The van der Waals surface area contributed by atoms with Crippen molar-refractivity contribution in [3.8, 4) is 17.0 Å². The zero-order valence-corrected chi connectivity index (χ0v) is 9.51. The lowest BCUT2D eigenvalue weighted by atomic mass is 10.0. The van der Waals surface area contributed by atoms with E-state index >= 15 is 0 Å². The summed E-state index contributed by atoms with van der Waals surface area (Å²) in [6.07, 6.45) is 0.674. The minimum absolute atomic E-state index is 0.0299. The van der Waals surface area contributed by atoms with Crippen molar-refractivity contribution in [1.29, 1.82) is 0 Å². The number of carboxylic acids is 1. The summed E-state index contributed by atoms with van der Waals surface area (Å²) < 4.78 is 5.01. The second-order valence-electron chi connectivity index (χ2n) is 3.54. The first-order chi connectivity index (χ1) is 8.65. The van der Waals surface area contributed by atoms with Crippen molar-refractivity contribution >= 4 is 12.3 Å². The fourth-order valence-electron chi connectivity index (χ4n) is 1.57. The van der Waals surface area contributed by atoms with Crippen LogP contribution in [0, 0.1) is 0 Å². The normalized spacial score (nSPS) is 10.1. The molecule has 0 amide bonds. The van der Waals surface area contributed by atoms with Gasteiger partial charge in [-0.1, -0.05) is 0 Å². The Morgan fingerprint density at radius 3 is 2.78 bits per heavy atom. The number of hydrogen-bond acceptors (Lipinski definition) is 4. The van der Waals surface area contributed by atoms with Gasteiger partial charge in [-0.25, -0.2) is 4.79 Å². The number of nitrogens with zero attached hydrogens (tertiary/aromatic N) is 1. The van der Waals surface area contributed by atoms with Crippen molar-refractivity contribution in [2.24, 2.45) is 0 Å². The van der Waals surface area contributed by atoms with E-state index in [9.17, 15) is 9.59 Å². The summed E-state index contributed by atoms with van der Waals surface area (Å²) in [6.45, 7) is 0. The number of rotatable bonds is 4. The van der Waals surface area contributed by atoms with Gasteiger partial charge in [-0.2, -0.15) is 5.10 Å². The van der Waals surface area contributed by atoms with E-state index in [-0.39, 0.29) is 5.69 Å². The van der Waals surface area contributed by atoms with Crippen LogP contribution in [-0.2, 0) is 0 Å². The average molecular weight is 246 g/mol. The van der Waals surface area contributed by atoms with Crippen molar-refractivity contribution in [1.82, 2.24) is 10.2 Å². The molecule has 1 aromatic heterocycles. The van der Waals surface area contributed by atoms with Crippen LogP contribution in [-0.4, -0.2) is 34.7 Å². The maximum absolute atomic E-state index is 11.0. The number of carbonyl (C=O) groups is 2. The van der Waals surface area contributed by atoms with Crippen LogP contribution in [0.4, 0.5) is 0 Å². The molecule has 92 valence electrons. The third-order valence-corrected chi connectivity index (χ3v) is 2.47. The van der Waals surface area contributed by atoms with Gasteiger partial charge in [0, 0.05) is 11.1 Å². The molecule has 0 aliphatic heterocycles. The third-order valence-electron chi connectivity index (χ3n) is 2.47. The number of aldehydes is 1. The molecule has 0 saturated carbocycles. The van der Waals surface area contributed by atoms with Gasteiger partial charge in [-0.3, -0.25) is 9.89 Å². The summed E-state index contributed by atoms with van der Waals surface area (Å²) in [4.78, 5) is 21.7. The summed E-state index contributed by atoms with van der Waals surface area (Å²) in [5.41, 5.74) is 1.31. The number of nitrogens with one attached hydrogen (secondary N) is 1. The van der Waals surface area contributed by atoms with Gasteiger partial charge in [-0.05, 0) is 24.3 Å². The molecule has 0 radical (unpaired) electrons. The Hall–Kier alpha value is -2.63. The lowest BCUT2D eigenvalue weighted by Crippen LogP contribution is -1.95. The molecule has 0 fully saturated rings. The van der Waals surface area contributed by atoms with E-state index in [1.807, 2.05) is 0 Å². The molecule has 6 nitrogen and oxygen atoms in total. The number of methoxy groups -OCH3 is 1. The number of aromatic carboxylic acids is 1. The van der Waals surface area contributed by atoms with Crippen molar-refractivity contribution in [2.75, 3.05) is 7.11 Å². The minimum atomic E-state index is -1.10. The Morgan fingerprint density at radius 1 is 1.44 bits per heavy atom. The summed E-state index contributed by atoms with van der Waals surface area (Å²) in [6, 6.07) is 6.27. The molecular formula is C12H10N2O4. The van der Waals surface area contributed by atoms with E-state index in [4.69, 9.17) is 9.84 Å². The quantitative estimate of drug-likeness (QED) is 0.799. The first-order valence-electron chi connectivity index (χ1n) is 5.08. The highest BCUT2D eigenvalue weighted by molar-refractivity contribution is 5.90. The smallest absolute Gasteiger partial charge is 0.353 e. The van der Waals surface area contributed by atoms with Crippen LogP contribution in [0.1, 0.15) is 20.8 Å². The highest BCUT2D eigenvalue weighted by Gasteiger charge is 2.12. The van der Waals surface area contributed by atoms with Gasteiger partial charge in [0.25, 0.3) is 0 Å². The molecule has 18 heavy (non-hydrogen) atoms. The second kappa shape index (κ2) is 4.70. The molecule has 0 atom stereocenters. The first kappa shape index (κ1) is 11.8. The molecule has 2 rings (SSSR count). The van der Waals surface area contributed by atoms with E-state index in [0.29, 0.717) is 28.9 Å². The Labute approximate surface area is 102 Å². The molecule has 1 heterocycles. The summed E-state index contributed by atoms with van der Waals surface area (Å²) in [5, 5.41) is 15.0. The van der Waals surface area contributed by atoms with Crippen LogP contribution < -0.4 is 4.74 Å². The number of carboxylic acid groups (broad SMARTS) is 1. The third kappa shape index (κ3) is 2.08. The Balaban J connectivity index is 2.49. The van der Waals surface area contributed by atoms with Crippen LogP contribution in [0.2, 0.25) is 0 Å². The van der Waals surface area contributed by atoms with Gasteiger partial charge in [0.15, 0.2) is 6.29 Å². The molecule has 1 aromatic carbocycles. The Kier molecular flexibility index (Phi) is 3.09. The number of hydrogen-bond donors (Lipinski definition) is 2. The van der Waals surface area contributed by atoms with Gasteiger partial charge in [-0.15, -0.1) is 0 Å². The molecule has 0 spiro atoms. The second-order valence-corrected chi connectivity index (χ2v) is 3.54. The Bertz CT molecular complexity index is 604. The van der Waals surface area contributed by atoms with Crippen LogP contribution >= 0.6 is 0 Å². The molecule has 2 N–H and O–H groups in total. The average Bonchev–Trinajstić information content (AvgIpc) is 2.87. The summed E-state index contributed by atoms with van der Waals surface area (Å²) >= 11 is 0. The standard InChI is InChI=1S/C12H10N2O4/c1-18-8-2-3-9(7(4-8)6-15)10-5-11(12(16)17)14-13-10/h2-6H,1H3,(H,13,14)(H,16,17). The fraction of sp³-hybridized carbons (Fsp3) is 0.0833. The topological polar surface area (TPSA) is 92.3 Å². The van der Waals surface area contributed by atoms with Gasteiger partial charge in [0.1, 0.15) is 11.4 Å². The lowest BCUT2D eigenvalue weighted by Gasteiger charge is -2.04. The zero-order chi connectivity index (χ0) is 13.1. The largest absolute Gasteiger partial charge is 0.497 e.